The van der Waals surface area contributed by atoms with Gasteiger partial charge in [0, 0.05) is 19.7 Å². The second-order valence-electron chi connectivity index (χ2n) is 4.65. The molecule has 1 N–H and O–H groups in total. The Bertz CT molecular complexity index is 723. The first kappa shape index (κ1) is 14.2. The highest BCUT2D eigenvalue weighted by Crippen LogP contribution is 2.35. The first-order valence-electron chi connectivity index (χ1n) is 5.94. The van der Waals surface area contributed by atoms with Gasteiger partial charge in [0.1, 0.15) is 5.56 Å². The van der Waals surface area contributed by atoms with Crippen molar-refractivity contribution in [2.75, 3.05) is 4.93 Å². The van der Waals surface area contributed by atoms with Crippen molar-refractivity contribution in [1.29, 1.82) is 0 Å². The van der Waals surface area contributed by atoms with Gasteiger partial charge in [-0.25, -0.2) is 4.79 Å². The molecule has 1 aliphatic rings. The number of nitrogens with zero attached hydrogens (tertiary/aromatic N) is 2. The Morgan fingerprint density at radius 1 is 1.16 bits per heavy atom. The molecule has 0 atom stereocenters. The number of aromatic nitrogens is 2. The second-order valence-corrected chi connectivity index (χ2v) is 7.03. The van der Waals surface area contributed by atoms with Crippen LogP contribution in [0.1, 0.15) is 25.3 Å². The second kappa shape index (κ2) is 5.07. The number of hydrogen-bond acceptors (Lipinski definition) is 3. The maximum absolute atomic E-state index is 12.3. The first-order chi connectivity index (χ1) is 8.90. The van der Waals surface area contributed by atoms with Crippen molar-refractivity contribution in [1.82, 2.24) is 9.13 Å². The molecule has 104 valence electrons. The molecule has 2 rings (SSSR count). The maximum atomic E-state index is 12.3. The lowest BCUT2D eigenvalue weighted by molar-refractivity contribution is 0.410. The minimum atomic E-state index is -0.504. The van der Waals surface area contributed by atoms with Crippen LogP contribution >= 0.6 is 20.7 Å². The molecule has 6 heteroatoms. The normalized spacial score (nSPS) is 18.0. The van der Waals surface area contributed by atoms with E-state index in [0.29, 0.717) is 0 Å². The zero-order chi connectivity index (χ0) is 14.3. The summed E-state index contributed by atoms with van der Waals surface area (Å²) >= 11 is -0.130. The Morgan fingerprint density at radius 2 is 1.79 bits per heavy atom. The minimum absolute atomic E-state index is 0.130. The molecule has 1 heterocycles. The standard InChI is InChI=1S/C13H17IN2O3/c1-7-5-6-8(14-2)9(7)10-11(17)15(3)13(19)16(4)12(10)18/h17H,5-6H2,1-4H3. The van der Waals surface area contributed by atoms with Crippen LogP contribution in [0.5, 0.6) is 5.88 Å². The molecule has 0 fully saturated rings. The fraction of sp³-hybridized carbons (Fsp3) is 0.462. The highest BCUT2D eigenvalue weighted by Gasteiger charge is 2.26. The SMILES string of the molecule is CI=C1CCC(C)=C1c1c(O)n(C)c(=O)n(C)c1=O. The third kappa shape index (κ3) is 2.11. The molecule has 0 unspecified atom stereocenters. The van der Waals surface area contributed by atoms with E-state index in [1.807, 2.05) is 6.92 Å². The van der Waals surface area contributed by atoms with Crippen LogP contribution < -0.4 is 11.2 Å². The predicted octanol–water partition coefficient (Wildman–Crippen LogP) is 1.13. The molecule has 1 aliphatic carbocycles. The van der Waals surface area contributed by atoms with E-state index >= 15 is 0 Å². The highest BCUT2D eigenvalue weighted by atomic mass is 127. The predicted molar refractivity (Wildman–Crippen MR) is 85.4 cm³/mol. The van der Waals surface area contributed by atoms with E-state index in [4.69, 9.17) is 0 Å². The van der Waals surface area contributed by atoms with Crippen LogP contribution in [0.15, 0.2) is 15.2 Å². The van der Waals surface area contributed by atoms with E-state index in [9.17, 15) is 14.7 Å². The van der Waals surface area contributed by atoms with Gasteiger partial charge < -0.3 is 5.11 Å². The van der Waals surface area contributed by atoms with Gasteiger partial charge in [0.25, 0.3) is 5.56 Å². The van der Waals surface area contributed by atoms with Crippen LogP contribution in [0.2, 0.25) is 0 Å². The summed E-state index contributed by atoms with van der Waals surface area (Å²) in [6.07, 6.45) is 1.90. The Labute approximate surface area is 120 Å². The quantitative estimate of drug-likeness (QED) is 0.591. The van der Waals surface area contributed by atoms with Crippen LogP contribution in [0.4, 0.5) is 0 Å². The fourth-order valence-electron chi connectivity index (χ4n) is 2.37. The van der Waals surface area contributed by atoms with E-state index in [2.05, 4.69) is 4.93 Å². The molecule has 0 aromatic carbocycles. The lowest BCUT2D eigenvalue weighted by Gasteiger charge is -2.12. The van der Waals surface area contributed by atoms with Gasteiger partial charge >= 0.3 is 5.69 Å². The van der Waals surface area contributed by atoms with E-state index < -0.39 is 11.2 Å². The van der Waals surface area contributed by atoms with E-state index in [1.54, 1.807) is 0 Å². The van der Waals surface area contributed by atoms with E-state index in [0.717, 1.165) is 33.1 Å². The lowest BCUT2D eigenvalue weighted by atomic mass is 10.1. The third-order valence-electron chi connectivity index (χ3n) is 3.53. The third-order valence-corrected chi connectivity index (χ3v) is 5.91. The van der Waals surface area contributed by atoms with Gasteiger partial charge in [0.15, 0.2) is 0 Å². The van der Waals surface area contributed by atoms with Crippen LogP contribution in [0.25, 0.3) is 5.57 Å². The molecule has 0 saturated heterocycles. The molecule has 1 aromatic rings. The molecular weight excluding hydrogens is 359 g/mol. The smallest absolute Gasteiger partial charge is 0.333 e. The molecule has 0 bridgehead atoms. The summed E-state index contributed by atoms with van der Waals surface area (Å²) in [6, 6.07) is 0. The summed E-state index contributed by atoms with van der Waals surface area (Å²) in [5.41, 5.74) is 1.39. The van der Waals surface area contributed by atoms with Crippen molar-refractivity contribution in [2.24, 2.45) is 14.1 Å². The summed E-state index contributed by atoms with van der Waals surface area (Å²) in [6.45, 7) is 1.99. The minimum Gasteiger partial charge on any atom is -0.494 e. The van der Waals surface area contributed by atoms with Crippen LogP contribution in [0.3, 0.4) is 0 Å². The maximum Gasteiger partial charge on any atom is 0.333 e. The number of rotatable bonds is 1. The number of alkyl halides is 1. The van der Waals surface area contributed by atoms with Crippen molar-refractivity contribution < 1.29 is 5.11 Å². The van der Waals surface area contributed by atoms with Gasteiger partial charge in [0.2, 0.25) is 5.88 Å². The van der Waals surface area contributed by atoms with Crippen molar-refractivity contribution in [2.45, 2.75) is 19.8 Å². The Morgan fingerprint density at radius 3 is 2.37 bits per heavy atom. The number of allylic oxidation sites excluding steroid dienone is 2. The Balaban J connectivity index is 2.90. The van der Waals surface area contributed by atoms with Crippen molar-refractivity contribution in [3.63, 3.8) is 0 Å². The average Bonchev–Trinajstić information content (AvgIpc) is 2.76. The average molecular weight is 376 g/mol. The van der Waals surface area contributed by atoms with Gasteiger partial charge in [-0.1, -0.05) is 5.57 Å². The first-order valence-corrected chi connectivity index (χ1v) is 9.18. The summed E-state index contributed by atoms with van der Waals surface area (Å²) in [4.78, 5) is 26.2. The zero-order valence-corrected chi connectivity index (χ0v) is 13.6. The van der Waals surface area contributed by atoms with Gasteiger partial charge in [0.05, 0.1) is 0 Å². The van der Waals surface area contributed by atoms with Gasteiger partial charge in [-0.3, -0.25) is 13.9 Å². The van der Waals surface area contributed by atoms with Crippen molar-refractivity contribution in [3.05, 3.63) is 32.0 Å². The van der Waals surface area contributed by atoms with Crippen LogP contribution in [0, 0.1) is 0 Å². The number of hydrogen-bond donors (Lipinski definition) is 1. The molecule has 0 radical (unpaired) electrons. The molecule has 0 amide bonds. The molecule has 1 aromatic heterocycles. The number of halogens is 1. The highest BCUT2D eigenvalue weighted by molar-refractivity contribution is 14.2. The molecule has 0 aliphatic heterocycles. The number of aromatic hydroxyl groups is 1. The van der Waals surface area contributed by atoms with E-state index in [-0.39, 0.29) is 32.2 Å². The summed E-state index contributed by atoms with van der Waals surface area (Å²) < 4.78 is 3.46. The lowest BCUT2D eigenvalue weighted by Crippen LogP contribution is -2.38. The van der Waals surface area contributed by atoms with Gasteiger partial charge in [-0.05, 0) is 28.2 Å². The Kier molecular flexibility index (Phi) is 3.80. The van der Waals surface area contributed by atoms with Crippen LogP contribution in [-0.4, -0.2) is 22.7 Å². The van der Waals surface area contributed by atoms with E-state index in [1.165, 1.54) is 17.6 Å². The largest absolute Gasteiger partial charge is 0.494 e. The molecule has 0 saturated carbocycles. The van der Waals surface area contributed by atoms with Gasteiger partial charge in [-0.15, -0.1) is 20.7 Å². The van der Waals surface area contributed by atoms with Crippen LogP contribution in [-0.2, 0) is 14.1 Å². The monoisotopic (exact) mass is 376 g/mol. The fourth-order valence-corrected chi connectivity index (χ4v) is 4.45. The topological polar surface area (TPSA) is 64.2 Å². The molecule has 19 heavy (non-hydrogen) atoms. The Hall–Kier alpha value is -1.18. The summed E-state index contributed by atoms with van der Waals surface area (Å²) in [5, 5.41) is 10.2. The van der Waals surface area contributed by atoms with Crippen molar-refractivity contribution in [3.8, 4) is 5.88 Å². The molecular formula is C13H17IN2O3. The zero-order valence-electron chi connectivity index (χ0n) is 11.5. The summed E-state index contributed by atoms with van der Waals surface area (Å²) in [5.74, 6) is -0.223. The van der Waals surface area contributed by atoms with Crippen molar-refractivity contribution >= 4 is 29.8 Å². The van der Waals surface area contributed by atoms with Gasteiger partial charge in [-0.2, -0.15) is 0 Å². The summed E-state index contributed by atoms with van der Waals surface area (Å²) in [7, 11) is 2.92. The molecule has 5 nitrogen and oxygen atoms in total. The molecule has 0 spiro atoms.